The summed E-state index contributed by atoms with van der Waals surface area (Å²) >= 11 is 0. The van der Waals surface area contributed by atoms with E-state index in [2.05, 4.69) is 0 Å². The summed E-state index contributed by atoms with van der Waals surface area (Å²) in [4.78, 5) is 0. The molecule has 0 heterocycles. The molecule has 0 nitrogen and oxygen atoms in total. The van der Waals surface area contributed by atoms with Gasteiger partial charge in [0.2, 0.25) is 0 Å². The summed E-state index contributed by atoms with van der Waals surface area (Å²) in [6, 6.07) is 0. The maximum Gasteiger partial charge on any atom is -0.0156 e. The Kier molecular flexibility index (Phi) is 5.61. The molecule has 2 saturated carbocycles. The number of hydrogen-bond acceptors (Lipinski definition) is 0. The maximum absolute atomic E-state index is 1.95. The summed E-state index contributed by atoms with van der Waals surface area (Å²) in [7, 11) is 0. The highest BCUT2D eigenvalue weighted by Gasteiger charge is 2.33. The topological polar surface area (TPSA) is 0 Å². The second-order valence-corrected chi connectivity index (χ2v) is 10.2. The Morgan fingerprint density at radius 1 is 0.333 bits per heavy atom. The first-order valence-corrected chi connectivity index (χ1v) is 12.6. The molecule has 0 N–H and O–H groups in total. The molecule has 0 atom stereocenters. The Balaban J connectivity index is 1.67. The Bertz CT molecular complexity index is 616. The van der Waals surface area contributed by atoms with Crippen LogP contribution in [0.2, 0.25) is 0 Å². The Hall–Kier alpha value is -0.780. The highest BCUT2D eigenvalue weighted by molar-refractivity contribution is 5.56. The zero-order valence-electron chi connectivity index (χ0n) is 17.6. The fourth-order valence-electron chi connectivity index (χ4n) is 7.31. The van der Waals surface area contributed by atoms with Gasteiger partial charge in [0.05, 0.1) is 0 Å². The van der Waals surface area contributed by atoms with Gasteiger partial charge < -0.3 is 0 Å². The number of rotatable bonds is 2. The highest BCUT2D eigenvalue weighted by atomic mass is 14.4. The van der Waals surface area contributed by atoms with Crippen LogP contribution < -0.4 is 0 Å². The first-order valence-electron chi connectivity index (χ1n) is 12.6. The SMILES string of the molecule is C1CCCC(c2c3c(c(C4CCCCC4)c4c2CCCC4)CCCC3)CC1. The molecule has 0 unspecified atom stereocenters. The van der Waals surface area contributed by atoms with Crippen LogP contribution in [0.25, 0.3) is 0 Å². The smallest absolute Gasteiger partial charge is 0.0156 e. The molecule has 1 aromatic rings. The second-order valence-electron chi connectivity index (χ2n) is 10.2. The third-order valence-electron chi connectivity index (χ3n) is 8.51. The van der Waals surface area contributed by atoms with Crippen molar-refractivity contribution < 1.29 is 0 Å². The predicted octanol–water partition coefficient (Wildman–Crippen LogP) is 7.93. The molecular weight excluding hydrogens is 324 g/mol. The van der Waals surface area contributed by atoms with Crippen molar-refractivity contribution in [1.82, 2.24) is 0 Å². The third kappa shape index (κ3) is 3.51. The normalized spacial score (nSPS) is 24.9. The lowest BCUT2D eigenvalue weighted by Crippen LogP contribution is -2.23. The second kappa shape index (κ2) is 8.30. The predicted molar refractivity (Wildman–Crippen MR) is 116 cm³/mol. The van der Waals surface area contributed by atoms with Crippen LogP contribution in [0.5, 0.6) is 0 Å². The molecule has 0 saturated heterocycles. The van der Waals surface area contributed by atoms with Gasteiger partial charge in [-0.05, 0) is 122 Å². The fourth-order valence-corrected chi connectivity index (χ4v) is 7.31. The van der Waals surface area contributed by atoms with Crippen molar-refractivity contribution in [3.63, 3.8) is 0 Å². The minimum Gasteiger partial charge on any atom is -0.0533 e. The molecule has 0 aliphatic heterocycles. The minimum atomic E-state index is 0.909. The van der Waals surface area contributed by atoms with E-state index in [1.54, 1.807) is 0 Å². The van der Waals surface area contributed by atoms with E-state index in [0.29, 0.717) is 0 Å². The van der Waals surface area contributed by atoms with E-state index in [1.807, 2.05) is 33.4 Å². The van der Waals surface area contributed by atoms with Crippen LogP contribution in [0.3, 0.4) is 0 Å². The van der Waals surface area contributed by atoms with Gasteiger partial charge >= 0.3 is 0 Å². The summed E-state index contributed by atoms with van der Waals surface area (Å²) in [5, 5.41) is 0. The zero-order chi connectivity index (χ0) is 18.1. The van der Waals surface area contributed by atoms with Crippen molar-refractivity contribution >= 4 is 0 Å². The van der Waals surface area contributed by atoms with Crippen LogP contribution in [-0.2, 0) is 25.7 Å². The molecular formula is C27H40. The van der Waals surface area contributed by atoms with E-state index in [9.17, 15) is 0 Å². The average Bonchev–Trinajstić information content (AvgIpc) is 3.02. The van der Waals surface area contributed by atoms with Gasteiger partial charge in [-0.1, -0.05) is 44.9 Å². The molecule has 2 fully saturated rings. The summed E-state index contributed by atoms with van der Waals surface area (Å²) in [6.45, 7) is 0. The lowest BCUT2D eigenvalue weighted by Gasteiger charge is -2.37. The van der Waals surface area contributed by atoms with Gasteiger partial charge in [0.25, 0.3) is 0 Å². The van der Waals surface area contributed by atoms with Crippen LogP contribution in [0.4, 0.5) is 0 Å². The highest BCUT2D eigenvalue weighted by Crippen LogP contribution is 2.48. The molecule has 0 radical (unpaired) electrons. The molecule has 0 bridgehead atoms. The number of benzene rings is 1. The van der Waals surface area contributed by atoms with Gasteiger partial charge in [-0.3, -0.25) is 0 Å². The van der Waals surface area contributed by atoms with Gasteiger partial charge in [0.15, 0.2) is 0 Å². The molecule has 27 heavy (non-hydrogen) atoms. The van der Waals surface area contributed by atoms with Crippen molar-refractivity contribution in [1.29, 1.82) is 0 Å². The quantitative estimate of drug-likeness (QED) is 0.467. The molecule has 4 aliphatic carbocycles. The van der Waals surface area contributed by atoms with E-state index in [1.165, 1.54) is 122 Å². The third-order valence-corrected chi connectivity index (χ3v) is 8.51. The summed E-state index contributed by atoms with van der Waals surface area (Å²) < 4.78 is 0. The maximum atomic E-state index is 1.95. The fraction of sp³-hybridized carbons (Fsp3) is 0.778. The molecule has 148 valence electrons. The monoisotopic (exact) mass is 364 g/mol. The molecule has 5 rings (SSSR count). The van der Waals surface area contributed by atoms with E-state index in [0.717, 1.165) is 11.8 Å². The van der Waals surface area contributed by atoms with Crippen LogP contribution in [0.15, 0.2) is 0 Å². The summed E-state index contributed by atoms with van der Waals surface area (Å²) in [6.07, 6.45) is 27.8. The molecule has 1 aromatic carbocycles. The molecule has 4 aliphatic rings. The summed E-state index contributed by atoms with van der Waals surface area (Å²) in [5.41, 5.74) is 11.5. The van der Waals surface area contributed by atoms with E-state index >= 15 is 0 Å². The largest absolute Gasteiger partial charge is 0.0533 e. The first kappa shape index (κ1) is 18.3. The molecule has 0 spiro atoms. The van der Waals surface area contributed by atoms with Gasteiger partial charge in [-0.25, -0.2) is 0 Å². The standard InChI is InChI=1S/C27H40/c1-2-5-13-20(12-4-1)26-22-16-8-10-18-24(22)27(21-14-6-3-7-15-21)25-19-11-9-17-23(25)26/h20-21H,1-19H2. The Morgan fingerprint density at radius 2 is 0.630 bits per heavy atom. The van der Waals surface area contributed by atoms with Gasteiger partial charge in [0, 0.05) is 0 Å². The van der Waals surface area contributed by atoms with Crippen molar-refractivity contribution in [2.75, 3.05) is 0 Å². The van der Waals surface area contributed by atoms with Gasteiger partial charge in [0.1, 0.15) is 0 Å². The molecule has 0 amide bonds. The lowest BCUT2D eigenvalue weighted by atomic mass is 9.68. The summed E-state index contributed by atoms with van der Waals surface area (Å²) in [5.74, 6) is 1.83. The van der Waals surface area contributed by atoms with E-state index in [-0.39, 0.29) is 0 Å². The number of fused-ring (bicyclic) bond motifs is 2. The minimum absolute atomic E-state index is 0.909. The zero-order valence-corrected chi connectivity index (χ0v) is 17.6. The molecule has 0 heteroatoms. The van der Waals surface area contributed by atoms with Crippen LogP contribution in [-0.4, -0.2) is 0 Å². The Labute approximate surface area is 167 Å². The van der Waals surface area contributed by atoms with Crippen molar-refractivity contribution in [3.05, 3.63) is 33.4 Å². The van der Waals surface area contributed by atoms with Crippen molar-refractivity contribution in [3.8, 4) is 0 Å². The van der Waals surface area contributed by atoms with Crippen LogP contribution >= 0.6 is 0 Å². The van der Waals surface area contributed by atoms with Gasteiger partial charge in [-0.2, -0.15) is 0 Å². The first-order chi connectivity index (χ1) is 13.4. The van der Waals surface area contributed by atoms with Crippen LogP contribution in [0, 0.1) is 0 Å². The van der Waals surface area contributed by atoms with E-state index in [4.69, 9.17) is 0 Å². The van der Waals surface area contributed by atoms with Crippen LogP contribution in [0.1, 0.15) is 142 Å². The van der Waals surface area contributed by atoms with Gasteiger partial charge in [-0.15, -0.1) is 0 Å². The number of hydrogen-bond donors (Lipinski definition) is 0. The average molecular weight is 365 g/mol. The molecule has 0 aromatic heterocycles. The van der Waals surface area contributed by atoms with E-state index < -0.39 is 0 Å². The van der Waals surface area contributed by atoms with Crippen molar-refractivity contribution in [2.24, 2.45) is 0 Å². The van der Waals surface area contributed by atoms with Crippen molar-refractivity contribution in [2.45, 2.75) is 134 Å². The lowest BCUT2D eigenvalue weighted by molar-refractivity contribution is 0.434. The Morgan fingerprint density at radius 3 is 0.963 bits per heavy atom.